The topological polar surface area (TPSA) is 49.6 Å². The van der Waals surface area contributed by atoms with E-state index in [0.717, 1.165) is 42.7 Å². The number of aliphatic imine (C=N–C) groups is 1. The monoisotopic (exact) mass is 395 g/mol. The highest BCUT2D eigenvalue weighted by Gasteiger charge is 1.98. The van der Waals surface area contributed by atoms with Crippen molar-refractivity contribution < 1.29 is 4.42 Å². The molecule has 0 aromatic carbocycles. The van der Waals surface area contributed by atoms with Gasteiger partial charge in [-0.1, -0.05) is 6.08 Å². The third kappa shape index (κ3) is 8.99. The summed E-state index contributed by atoms with van der Waals surface area (Å²) in [7, 11) is 1.78. The molecular formula is C13H22IN3OS. The Kier molecular flexibility index (Phi) is 12.0. The number of furan rings is 1. The van der Waals surface area contributed by atoms with Crippen LogP contribution in [0.3, 0.4) is 0 Å². The van der Waals surface area contributed by atoms with Crippen LogP contribution in [0.2, 0.25) is 0 Å². The number of hydrogen-bond donors (Lipinski definition) is 2. The third-order valence-electron chi connectivity index (χ3n) is 2.24. The lowest BCUT2D eigenvalue weighted by Gasteiger charge is -2.10. The van der Waals surface area contributed by atoms with Crippen LogP contribution >= 0.6 is 35.7 Å². The minimum atomic E-state index is 0. The van der Waals surface area contributed by atoms with Crippen molar-refractivity contribution in [2.45, 2.75) is 6.42 Å². The summed E-state index contributed by atoms with van der Waals surface area (Å²) in [6, 6.07) is 3.88. The van der Waals surface area contributed by atoms with E-state index < -0.39 is 0 Å². The molecule has 1 heterocycles. The van der Waals surface area contributed by atoms with Gasteiger partial charge in [-0.3, -0.25) is 4.99 Å². The van der Waals surface area contributed by atoms with Gasteiger partial charge in [-0.25, -0.2) is 0 Å². The minimum absolute atomic E-state index is 0. The van der Waals surface area contributed by atoms with Crippen molar-refractivity contribution in [3.63, 3.8) is 0 Å². The smallest absolute Gasteiger partial charge is 0.191 e. The lowest BCUT2D eigenvalue weighted by molar-refractivity contribution is 0.507. The average Bonchev–Trinajstić information content (AvgIpc) is 2.89. The van der Waals surface area contributed by atoms with Crippen molar-refractivity contribution in [1.29, 1.82) is 0 Å². The lowest BCUT2D eigenvalue weighted by atomic mass is 10.3. The van der Waals surface area contributed by atoms with Gasteiger partial charge >= 0.3 is 0 Å². The zero-order valence-corrected chi connectivity index (χ0v) is 14.4. The van der Waals surface area contributed by atoms with E-state index in [4.69, 9.17) is 4.42 Å². The molecule has 1 aromatic rings. The van der Waals surface area contributed by atoms with Crippen molar-refractivity contribution in [3.8, 4) is 0 Å². The second-order valence-corrected chi connectivity index (χ2v) is 4.77. The Bertz CT molecular complexity index is 355. The van der Waals surface area contributed by atoms with Gasteiger partial charge in [0.1, 0.15) is 5.76 Å². The van der Waals surface area contributed by atoms with Crippen molar-refractivity contribution in [2.24, 2.45) is 4.99 Å². The molecule has 0 bridgehead atoms. The van der Waals surface area contributed by atoms with Crippen LogP contribution in [-0.4, -0.2) is 37.6 Å². The van der Waals surface area contributed by atoms with Gasteiger partial charge in [-0.05, 0) is 12.1 Å². The number of halogens is 1. The van der Waals surface area contributed by atoms with Crippen LogP contribution in [-0.2, 0) is 6.42 Å². The number of nitrogens with zero attached hydrogens (tertiary/aromatic N) is 1. The van der Waals surface area contributed by atoms with E-state index in [1.165, 1.54) is 0 Å². The summed E-state index contributed by atoms with van der Waals surface area (Å²) in [5.74, 6) is 3.86. The summed E-state index contributed by atoms with van der Waals surface area (Å²) >= 11 is 1.85. The van der Waals surface area contributed by atoms with Gasteiger partial charge in [0.2, 0.25) is 0 Å². The Morgan fingerprint density at radius 3 is 2.89 bits per heavy atom. The predicted molar refractivity (Wildman–Crippen MR) is 94.7 cm³/mol. The molecule has 6 heteroatoms. The molecule has 2 N–H and O–H groups in total. The molecule has 0 amide bonds. The summed E-state index contributed by atoms with van der Waals surface area (Å²) in [5, 5.41) is 6.51. The Morgan fingerprint density at radius 1 is 1.47 bits per heavy atom. The van der Waals surface area contributed by atoms with Gasteiger partial charge in [0.15, 0.2) is 5.96 Å². The first-order chi connectivity index (χ1) is 8.86. The molecular weight excluding hydrogens is 373 g/mol. The molecule has 0 atom stereocenters. The molecule has 0 spiro atoms. The first kappa shape index (κ1) is 18.4. The van der Waals surface area contributed by atoms with E-state index >= 15 is 0 Å². The van der Waals surface area contributed by atoms with E-state index in [-0.39, 0.29) is 24.0 Å². The fraction of sp³-hybridized carbons (Fsp3) is 0.462. The predicted octanol–water partition coefficient (Wildman–Crippen LogP) is 2.52. The second-order valence-electron chi connectivity index (χ2n) is 3.62. The molecule has 0 aliphatic rings. The highest BCUT2D eigenvalue weighted by molar-refractivity contribution is 14.0. The molecule has 108 valence electrons. The maximum atomic E-state index is 5.26. The molecule has 0 fully saturated rings. The van der Waals surface area contributed by atoms with E-state index in [2.05, 4.69) is 22.2 Å². The maximum Gasteiger partial charge on any atom is 0.191 e. The molecule has 1 rings (SSSR count). The number of rotatable bonds is 8. The molecule has 0 saturated heterocycles. The van der Waals surface area contributed by atoms with Crippen molar-refractivity contribution in [3.05, 3.63) is 36.8 Å². The zero-order valence-electron chi connectivity index (χ0n) is 11.2. The van der Waals surface area contributed by atoms with Gasteiger partial charge in [0, 0.05) is 38.1 Å². The van der Waals surface area contributed by atoms with Crippen LogP contribution in [0.15, 0.2) is 40.5 Å². The summed E-state index contributed by atoms with van der Waals surface area (Å²) in [5.41, 5.74) is 0. The van der Waals surface area contributed by atoms with Gasteiger partial charge in [-0.2, -0.15) is 11.8 Å². The minimum Gasteiger partial charge on any atom is -0.469 e. The molecule has 0 saturated carbocycles. The Labute approximate surface area is 136 Å². The quantitative estimate of drug-likeness (QED) is 0.234. The third-order valence-corrected chi connectivity index (χ3v) is 3.21. The molecule has 1 aromatic heterocycles. The maximum absolute atomic E-state index is 5.26. The molecule has 0 aliphatic heterocycles. The summed E-state index contributed by atoms with van der Waals surface area (Å²) < 4.78 is 5.26. The lowest BCUT2D eigenvalue weighted by Crippen LogP contribution is -2.39. The van der Waals surface area contributed by atoms with Crippen LogP contribution in [0.1, 0.15) is 5.76 Å². The standard InChI is InChI=1S/C13H21N3OS.HI/c1-3-10-18-11-8-16-13(14-2)15-7-6-12-5-4-9-17-12;/h3-5,9H,1,6-8,10-11H2,2H3,(H2,14,15,16);1H. The molecule has 0 aliphatic carbocycles. The van der Waals surface area contributed by atoms with Gasteiger partial charge in [0.05, 0.1) is 6.26 Å². The van der Waals surface area contributed by atoms with E-state index in [0.29, 0.717) is 0 Å². The van der Waals surface area contributed by atoms with Gasteiger partial charge in [0.25, 0.3) is 0 Å². The first-order valence-electron chi connectivity index (χ1n) is 6.02. The summed E-state index contributed by atoms with van der Waals surface area (Å²) in [6.45, 7) is 5.40. The van der Waals surface area contributed by atoms with Crippen LogP contribution < -0.4 is 10.6 Å². The highest BCUT2D eigenvalue weighted by atomic mass is 127. The number of thioether (sulfide) groups is 1. The largest absolute Gasteiger partial charge is 0.469 e. The Balaban J connectivity index is 0.00000324. The SMILES string of the molecule is C=CCSCCNC(=NC)NCCc1ccco1.I. The van der Waals surface area contributed by atoms with Crippen molar-refractivity contribution >= 4 is 41.7 Å². The Morgan fingerprint density at radius 2 is 2.26 bits per heavy atom. The van der Waals surface area contributed by atoms with Crippen molar-refractivity contribution in [1.82, 2.24) is 10.6 Å². The molecule has 0 radical (unpaired) electrons. The van der Waals surface area contributed by atoms with Gasteiger partial charge in [-0.15, -0.1) is 30.6 Å². The zero-order chi connectivity index (χ0) is 13.1. The highest BCUT2D eigenvalue weighted by Crippen LogP contribution is 1.99. The van der Waals surface area contributed by atoms with Crippen molar-refractivity contribution in [2.75, 3.05) is 31.6 Å². The van der Waals surface area contributed by atoms with Crippen LogP contribution in [0.4, 0.5) is 0 Å². The van der Waals surface area contributed by atoms with Crippen LogP contribution in [0.5, 0.6) is 0 Å². The first-order valence-corrected chi connectivity index (χ1v) is 7.18. The van der Waals surface area contributed by atoms with Gasteiger partial charge < -0.3 is 15.1 Å². The second kappa shape index (κ2) is 12.4. The average molecular weight is 395 g/mol. The fourth-order valence-electron chi connectivity index (χ4n) is 1.39. The van der Waals surface area contributed by atoms with E-state index in [9.17, 15) is 0 Å². The number of hydrogen-bond acceptors (Lipinski definition) is 3. The molecule has 0 unspecified atom stereocenters. The fourth-order valence-corrected chi connectivity index (χ4v) is 1.97. The van der Waals surface area contributed by atoms with Crippen LogP contribution in [0.25, 0.3) is 0 Å². The van der Waals surface area contributed by atoms with Crippen LogP contribution in [0, 0.1) is 0 Å². The molecule has 4 nitrogen and oxygen atoms in total. The summed E-state index contributed by atoms with van der Waals surface area (Å²) in [6.07, 6.45) is 4.47. The number of guanidine groups is 1. The number of nitrogens with one attached hydrogen (secondary N) is 2. The Hall–Kier alpha value is -0.630. The normalized spacial score (nSPS) is 10.7. The molecule has 19 heavy (non-hydrogen) atoms. The van der Waals surface area contributed by atoms with E-state index in [1.807, 2.05) is 30.0 Å². The van der Waals surface area contributed by atoms with E-state index in [1.54, 1.807) is 13.3 Å². The summed E-state index contributed by atoms with van der Waals surface area (Å²) in [4.78, 5) is 4.16.